The maximum atomic E-state index is 13.0. The Bertz CT molecular complexity index is 1280. The summed E-state index contributed by atoms with van der Waals surface area (Å²) in [5.41, 5.74) is 1.88. The number of hydrogen-bond donors (Lipinski definition) is 0. The van der Waals surface area contributed by atoms with Crippen molar-refractivity contribution < 1.29 is 14.3 Å². The van der Waals surface area contributed by atoms with Crippen LogP contribution in [-0.4, -0.2) is 59.1 Å². The van der Waals surface area contributed by atoms with Gasteiger partial charge in [0.25, 0.3) is 11.5 Å². The zero-order valence-electron chi connectivity index (χ0n) is 19.8. The number of carbonyl (C=O) groups excluding carboxylic acids is 2. The van der Waals surface area contributed by atoms with E-state index in [0.717, 1.165) is 56.7 Å². The van der Waals surface area contributed by atoms with E-state index in [2.05, 4.69) is 17.0 Å². The Balaban J connectivity index is 1.21. The molecule has 2 aromatic carbocycles. The zero-order valence-corrected chi connectivity index (χ0v) is 19.8. The SMILES string of the molecule is O=C(OCC(=O)N1CCN(c2ccccc2)CC1)c1ccc2c(=O)n3c(nc2c1)CCCCCC3. The minimum Gasteiger partial charge on any atom is -0.452 e. The topological polar surface area (TPSA) is 84.7 Å². The molecule has 1 amide bonds. The van der Waals surface area contributed by atoms with Crippen LogP contribution in [0.3, 0.4) is 0 Å². The lowest BCUT2D eigenvalue weighted by molar-refractivity contribution is -0.134. The molecule has 0 N–H and O–H groups in total. The van der Waals surface area contributed by atoms with Crippen molar-refractivity contribution >= 4 is 28.5 Å². The number of fused-ring (bicyclic) bond motifs is 2. The van der Waals surface area contributed by atoms with Crippen molar-refractivity contribution in [1.82, 2.24) is 14.5 Å². The van der Waals surface area contributed by atoms with Gasteiger partial charge >= 0.3 is 5.97 Å². The quantitative estimate of drug-likeness (QED) is 0.541. The average molecular weight is 475 g/mol. The highest BCUT2D eigenvalue weighted by Crippen LogP contribution is 2.18. The predicted molar refractivity (Wildman–Crippen MR) is 134 cm³/mol. The van der Waals surface area contributed by atoms with E-state index >= 15 is 0 Å². The Morgan fingerprint density at radius 3 is 2.46 bits per heavy atom. The molecule has 8 nitrogen and oxygen atoms in total. The zero-order chi connectivity index (χ0) is 24.2. The number of ether oxygens (including phenoxy) is 1. The predicted octanol–water partition coefficient (Wildman–Crippen LogP) is 3.02. The summed E-state index contributed by atoms with van der Waals surface area (Å²) in [6.45, 7) is 3.02. The van der Waals surface area contributed by atoms with Gasteiger partial charge in [-0.25, -0.2) is 9.78 Å². The van der Waals surface area contributed by atoms with Crippen LogP contribution >= 0.6 is 0 Å². The molecule has 0 unspecified atom stereocenters. The number of carbonyl (C=O) groups is 2. The van der Waals surface area contributed by atoms with E-state index in [9.17, 15) is 14.4 Å². The van der Waals surface area contributed by atoms with Gasteiger partial charge in [0.15, 0.2) is 6.61 Å². The van der Waals surface area contributed by atoms with Crippen molar-refractivity contribution in [2.24, 2.45) is 0 Å². The first-order valence-corrected chi connectivity index (χ1v) is 12.4. The van der Waals surface area contributed by atoms with Crippen LogP contribution in [0.25, 0.3) is 10.9 Å². The number of benzene rings is 2. The number of hydrogen-bond acceptors (Lipinski definition) is 6. The van der Waals surface area contributed by atoms with Gasteiger partial charge in [0.05, 0.1) is 16.5 Å². The van der Waals surface area contributed by atoms with Crippen molar-refractivity contribution in [2.45, 2.75) is 38.6 Å². The Hall–Kier alpha value is -3.68. The van der Waals surface area contributed by atoms with Gasteiger partial charge in [-0.3, -0.25) is 14.2 Å². The van der Waals surface area contributed by atoms with Crippen LogP contribution in [0.1, 0.15) is 41.9 Å². The van der Waals surface area contributed by atoms with Crippen LogP contribution in [0.4, 0.5) is 5.69 Å². The first kappa shape index (κ1) is 23.1. The van der Waals surface area contributed by atoms with E-state index in [1.54, 1.807) is 27.7 Å². The van der Waals surface area contributed by atoms with Crippen molar-refractivity contribution in [1.29, 1.82) is 0 Å². The van der Waals surface area contributed by atoms with Gasteiger partial charge in [-0.2, -0.15) is 0 Å². The Labute approximate surface area is 204 Å². The van der Waals surface area contributed by atoms with Gasteiger partial charge in [0.2, 0.25) is 0 Å². The molecular weight excluding hydrogens is 444 g/mol. The molecule has 1 aromatic heterocycles. The van der Waals surface area contributed by atoms with E-state index in [1.807, 2.05) is 18.2 Å². The normalized spacial score (nSPS) is 16.3. The van der Waals surface area contributed by atoms with E-state index in [1.165, 1.54) is 0 Å². The third-order valence-corrected chi connectivity index (χ3v) is 6.88. The first-order chi connectivity index (χ1) is 17.1. The summed E-state index contributed by atoms with van der Waals surface area (Å²) in [6, 6.07) is 14.9. The van der Waals surface area contributed by atoms with E-state index in [0.29, 0.717) is 36.1 Å². The number of nitrogens with zero attached hydrogens (tertiary/aromatic N) is 4. The highest BCUT2D eigenvalue weighted by Gasteiger charge is 2.23. The number of aromatic nitrogens is 2. The summed E-state index contributed by atoms with van der Waals surface area (Å²) in [4.78, 5) is 46.9. The molecular formula is C27H30N4O4. The molecule has 0 aliphatic carbocycles. The van der Waals surface area contributed by atoms with E-state index in [4.69, 9.17) is 9.72 Å². The Morgan fingerprint density at radius 2 is 1.66 bits per heavy atom. The minimum absolute atomic E-state index is 0.0587. The van der Waals surface area contributed by atoms with Crippen molar-refractivity contribution in [3.63, 3.8) is 0 Å². The summed E-state index contributed by atoms with van der Waals surface area (Å²) in [5, 5.41) is 0.498. The standard InChI is InChI=1S/C27H30N4O4/c32-25(30-16-14-29(15-17-30)21-8-4-3-5-9-21)19-35-27(34)20-11-12-22-23(18-20)28-24-10-6-1-2-7-13-31(24)26(22)33/h3-5,8-9,11-12,18H,1-2,6-7,10,13-17,19H2. The molecule has 35 heavy (non-hydrogen) atoms. The summed E-state index contributed by atoms with van der Waals surface area (Å²) in [7, 11) is 0. The van der Waals surface area contributed by atoms with E-state index < -0.39 is 5.97 Å². The molecule has 0 saturated carbocycles. The summed E-state index contributed by atoms with van der Waals surface area (Å²) in [6.07, 6.45) is 4.98. The van der Waals surface area contributed by atoms with Crippen LogP contribution in [0.2, 0.25) is 0 Å². The van der Waals surface area contributed by atoms with Crippen LogP contribution in [-0.2, 0) is 22.5 Å². The number of para-hydroxylation sites is 1. The second-order valence-corrected chi connectivity index (χ2v) is 9.16. The number of amides is 1. The van der Waals surface area contributed by atoms with Crippen molar-refractivity contribution in [3.8, 4) is 0 Å². The van der Waals surface area contributed by atoms with Crippen molar-refractivity contribution in [2.75, 3.05) is 37.7 Å². The molecule has 2 aliphatic heterocycles. The van der Waals surface area contributed by atoms with Gasteiger partial charge in [-0.1, -0.05) is 31.0 Å². The fourth-order valence-electron chi connectivity index (χ4n) is 4.88. The lowest BCUT2D eigenvalue weighted by Crippen LogP contribution is -2.49. The van der Waals surface area contributed by atoms with Crippen LogP contribution in [0.5, 0.6) is 0 Å². The fraction of sp³-hybridized carbons (Fsp3) is 0.407. The number of aryl methyl sites for hydroxylation is 1. The maximum Gasteiger partial charge on any atom is 0.338 e. The molecule has 5 rings (SSSR count). The first-order valence-electron chi connectivity index (χ1n) is 12.4. The lowest BCUT2D eigenvalue weighted by atomic mass is 10.1. The summed E-state index contributed by atoms with van der Waals surface area (Å²) >= 11 is 0. The van der Waals surface area contributed by atoms with Gasteiger partial charge in [0, 0.05) is 44.8 Å². The van der Waals surface area contributed by atoms with Crippen LogP contribution in [0.15, 0.2) is 53.3 Å². The van der Waals surface area contributed by atoms with Gasteiger partial charge in [0.1, 0.15) is 5.82 Å². The maximum absolute atomic E-state index is 13.0. The van der Waals surface area contributed by atoms with Crippen molar-refractivity contribution in [3.05, 3.63) is 70.3 Å². The number of piperazine rings is 1. The van der Waals surface area contributed by atoms with E-state index in [-0.39, 0.29) is 18.1 Å². The largest absolute Gasteiger partial charge is 0.452 e. The molecule has 1 saturated heterocycles. The molecule has 3 heterocycles. The second-order valence-electron chi connectivity index (χ2n) is 9.16. The Kier molecular flexibility index (Phi) is 6.79. The number of esters is 1. The summed E-state index contributed by atoms with van der Waals surface area (Å²) < 4.78 is 7.10. The molecule has 8 heteroatoms. The molecule has 1 fully saturated rings. The van der Waals surface area contributed by atoms with Crippen LogP contribution < -0.4 is 10.5 Å². The molecule has 0 atom stereocenters. The van der Waals surface area contributed by atoms with Gasteiger partial charge in [-0.15, -0.1) is 0 Å². The Morgan fingerprint density at radius 1 is 0.886 bits per heavy atom. The molecule has 0 spiro atoms. The number of anilines is 1. The monoisotopic (exact) mass is 474 g/mol. The second kappa shape index (κ2) is 10.3. The molecule has 182 valence electrons. The van der Waals surface area contributed by atoms with Crippen LogP contribution in [0, 0.1) is 0 Å². The lowest BCUT2D eigenvalue weighted by Gasteiger charge is -2.36. The molecule has 2 aliphatic rings. The summed E-state index contributed by atoms with van der Waals surface area (Å²) in [5.74, 6) is -0.0149. The van der Waals surface area contributed by atoms with Gasteiger partial charge < -0.3 is 14.5 Å². The smallest absolute Gasteiger partial charge is 0.338 e. The molecule has 0 radical (unpaired) electrons. The molecule has 3 aromatic rings. The highest BCUT2D eigenvalue weighted by molar-refractivity contribution is 5.95. The third kappa shape index (κ3) is 5.06. The molecule has 0 bridgehead atoms. The average Bonchev–Trinajstić information content (AvgIpc) is 2.88. The third-order valence-electron chi connectivity index (χ3n) is 6.88. The van der Waals surface area contributed by atoms with Gasteiger partial charge in [-0.05, 0) is 43.2 Å². The fourth-order valence-corrected chi connectivity index (χ4v) is 4.88. The minimum atomic E-state index is -0.586. The number of rotatable bonds is 4. The highest BCUT2D eigenvalue weighted by atomic mass is 16.5.